The van der Waals surface area contributed by atoms with Gasteiger partial charge >= 0.3 is 6.61 Å². The van der Waals surface area contributed by atoms with Crippen LogP contribution in [0.2, 0.25) is 0 Å². The van der Waals surface area contributed by atoms with Gasteiger partial charge < -0.3 is 30.3 Å². The van der Waals surface area contributed by atoms with Crippen molar-refractivity contribution in [1.29, 1.82) is 0 Å². The van der Waals surface area contributed by atoms with Crippen LogP contribution in [0.4, 0.5) is 20.3 Å². The Morgan fingerprint density at radius 1 is 1.02 bits per heavy atom. The van der Waals surface area contributed by atoms with Crippen molar-refractivity contribution in [2.45, 2.75) is 51.7 Å². The maximum Gasteiger partial charge on any atom is 0.387 e. The van der Waals surface area contributed by atoms with Gasteiger partial charge in [0.1, 0.15) is 5.75 Å². The average molecular weight is 662 g/mol. The van der Waals surface area contributed by atoms with Gasteiger partial charge in [-0.2, -0.15) is 8.78 Å². The lowest BCUT2D eigenvalue weighted by molar-refractivity contribution is -0.137. The number of carbonyl (C=O) groups excluding carboxylic acids is 2. The molecule has 2 fully saturated rings. The maximum absolute atomic E-state index is 13.5. The molecule has 2 aliphatic rings. The minimum Gasteiger partial charge on any atom is -0.435 e. The van der Waals surface area contributed by atoms with Crippen LogP contribution in [-0.4, -0.2) is 93.1 Å². The van der Waals surface area contributed by atoms with Crippen molar-refractivity contribution in [1.82, 2.24) is 29.5 Å². The zero-order valence-electron chi connectivity index (χ0n) is 26.9. The molecule has 0 spiro atoms. The molecule has 254 valence electrons. The molecule has 2 unspecified atom stereocenters. The molecule has 2 atom stereocenters. The topological polar surface area (TPSA) is 124 Å². The minimum absolute atomic E-state index is 0.0381. The van der Waals surface area contributed by atoms with Crippen molar-refractivity contribution in [2.75, 3.05) is 44.6 Å². The van der Waals surface area contributed by atoms with E-state index in [4.69, 9.17) is 0 Å². The van der Waals surface area contributed by atoms with E-state index in [1.54, 1.807) is 36.8 Å². The fourth-order valence-corrected chi connectivity index (χ4v) is 6.58. The van der Waals surface area contributed by atoms with Gasteiger partial charge in [0.25, 0.3) is 5.91 Å². The Hall–Kier alpha value is -4.62. The first-order valence-electron chi connectivity index (χ1n) is 16.5. The van der Waals surface area contributed by atoms with Gasteiger partial charge in [0, 0.05) is 67.3 Å². The molecule has 2 amide bonds. The van der Waals surface area contributed by atoms with Gasteiger partial charge in [-0.15, -0.1) is 0 Å². The van der Waals surface area contributed by atoms with E-state index < -0.39 is 6.61 Å². The number of nitrogens with one attached hydrogen (secondary N) is 2. The number of ether oxygens (including phenoxy) is 1. The standard InChI is InChI=1S/C35H41F2N7O4/c1-23-20-26(41-31-32-40-21-30(44(32)15-14-39-31)24-6-10-28(11-7-24)48-35(36)37)9-12-29(23)34(47)43-18-16-42(17-19-43)33(46)25-4-2-3-13-38-27(22-45)8-5-25/h6-7,9-12,14-15,20-21,25,27,35,38,45H,2-5,8,13,16-19,22H2,1H3,(H,39,41). The van der Waals surface area contributed by atoms with Crippen LogP contribution < -0.4 is 15.4 Å². The number of carbonyl (C=O) groups is 2. The van der Waals surface area contributed by atoms with E-state index in [2.05, 4.69) is 25.3 Å². The molecule has 0 saturated carbocycles. The molecule has 6 rings (SSSR count). The highest BCUT2D eigenvalue weighted by molar-refractivity contribution is 5.96. The minimum atomic E-state index is -2.89. The molecule has 0 radical (unpaired) electrons. The number of aliphatic hydroxyl groups is 1. The third-order valence-electron chi connectivity index (χ3n) is 9.25. The predicted octanol–water partition coefficient (Wildman–Crippen LogP) is 4.86. The SMILES string of the molecule is Cc1cc(Nc2nccn3c(-c4ccc(OC(F)F)cc4)cnc23)ccc1C(=O)N1CCN(C(=O)C2CCCCNC(CO)CC2)CC1. The van der Waals surface area contributed by atoms with E-state index in [-0.39, 0.29) is 36.1 Å². The second kappa shape index (κ2) is 15.1. The lowest BCUT2D eigenvalue weighted by atomic mass is 9.93. The van der Waals surface area contributed by atoms with Gasteiger partial charge in [0.15, 0.2) is 11.5 Å². The van der Waals surface area contributed by atoms with Gasteiger partial charge in [0.05, 0.1) is 18.5 Å². The summed E-state index contributed by atoms with van der Waals surface area (Å²) in [7, 11) is 0. The first kappa shape index (κ1) is 33.3. The number of fused-ring (bicyclic) bond motifs is 1. The summed E-state index contributed by atoms with van der Waals surface area (Å²) in [4.78, 5) is 39.7. The quantitative estimate of drug-likeness (QED) is 0.245. The summed E-state index contributed by atoms with van der Waals surface area (Å²) in [6, 6.07) is 11.9. The summed E-state index contributed by atoms with van der Waals surface area (Å²) in [6.45, 7) is 1.94. The van der Waals surface area contributed by atoms with Gasteiger partial charge in [-0.1, -0.05) is 6.42 Å². The lowest BCUT2D eigenvalue weighted by Crippen LogP contribution is -2.52. The second-order valence-corrected chi connectivity index (χ2v) is 12.4. The van der Waals surface area contributed by atoms with Crippen molar-refractivity contribution in [3.05, 3.63) is 72.2 Å². The van der Waals surface area contributed by atoms with E-state index in [1.807, 2.05) is 33.3 Å². The number of amides is 2. The van der Waals surface area contributed by atoms with Gasteiger partial charge in [-0.25, -0.2) is 9.97 Å². The van der Waals surface area contributed by atoms with Crippen LogP contribution in [0.25, 0.3) is 16.9 Å². The normalized spacial score (nSPS) is 19.1. The number of anilines is 2. The fourth-order valence-electron chi connectivity index (χ4n) is 6.58. The molecular formula is C35H41F2N7O4. The zero-order valence-corrected chi connectivity index (χ0v) is 26.9. The molecule has 4 heterocycles. The van der Waals surface area contributed by atoms with Crippen molar-refractivity contribution in [3.63, 3.8) is 0 Å². The molecule has 4 aromatic rings. The highest BCUT2D eigenvalue weighted by Gasteiger charge is 2.30. The Labute approximate surface area is 277 Å². The molecule has 11 nitrogen and oxygen atoms in total. The number of halogens is 2. The molecule has 2 saturated heterocycles. The number of rotatable bonds is 8. The number of nitrogens with zero attached hydrogens (tertiary/aromatic N) is 5. The molecule has 48 heavy (non-hydrogen) atoms. The van der Waals surface area contributed by atoms with Crippen LogP contribution in [-0.2, 0) is 4.79 Å². The third-order valence-corrected chi connectivity index (χ3v) is 9.25. The molecule has 2 aromatic carbocycles. The highest BCUT2D eigenvalue weighted by Crippen LogP contribution is 2.28. The Morgan fingerprint density at radius 3 is 2.52 bits per heavy atom. The Morgan fingerprint density at radius 2 is 1.79 bits per heavy atom. The summed E-state index contributed by atoms with van der Waals surface area (Å²) in [5.41, 5.74) is 4.26. The maximum atomic E-state index is 13.5. The predicted molar refractivity (Wildman–Crippen MR) is 177 cm³/mol. The average Bonchev–Trinajstić information content (AvgIpc) is 3.57. The zero-order chi connectivity index (χ0) is 33.6. The monoisotopic (exact) mass is 661 g/mol. The van der Waals surface area contributed by atoms with E-state index in [0.29, 0.717) is 43.2 Å². The highest BCUT2D eigenvalue weighted by atomic mass is 19.3. The Bertz CT molecular complexity index is 1720. The largest absolute Gasteiger partial charge is 0.435 e. The summed E-state index contributed by atoms with van der Waals surface area (Å²) in [5.74, 6) is 0.655. The van der Waals surface area contributed by atoms with Crippen molar-refractivity contribution < 1.29 is 28.2 Å². The van der Waals surface area contributed by atoms with Crippen molar-refractivity contribution in [2.24, 2.45) is 5.92 Å². The van der Waals surface area contributed by atoms with Crippen molar-refractivity contribution >= 4 is 29.0 Å². The summed E-state index contributed by atoms with van der Waals surface area (Å²) in [6.07, 6.45) is 9.48. The molecular weight excluding hydrogens is 620 g/mol. The Balaban J connectivity index is 1.08. The van der Waals surface area contributed by atoms with E-state index in [1.165, 1.54) is 12.1 Å². The number of piperazine rings is 1. The second-order valence-electron chi connectivity index (χ2n) is 12.4. The smallest absolute Gasteiger partial charge is 0.387 e. The third kappa shape index (κ3) is 7.57. The first-order valence-corrected chi connectivity index (χ1v) is 16.5. The number of hydrogen-bond acceptors (Lipinski definition) is 8. The van der Waals surface area contributed by atoms with Gasteiger partial charge in [-0.05, 0) is 87.2 Å². The first-order chi connectivity index (χ1) is 23.3. The number of imidazole rings is 1. The molecule has 3 N–H and O–H groups in total. The number of benzene rings is 2. The summed E-state index contributed by atoms with van der Waals surface area (Å²) in [5, 5.41) is 16.3. The van der Waals surface area contributed by atoms with Crippen LogP contribution in [0.3, 0.4) is 0 Å². The van der Waals surface area contributed by atoms with Crippen LogP contribution in [0.1, 0.15) is 48.0 Å². The van der Waals surface area contributed by atoms with Gasteiger partial charge in [0.2, 0.25) is 5.91 Å². The number of aliphatic hydroxyl groups excluding tert-OH is 1. The van der Waals surface area contributed by atoms with E-state index in [9.17, 15) is 23.5 Å². The van der Waals surface area contributed by atoms with Crippen LogP contribution in [0.5, 0.6) is 5.75 Å². The molecule has 0 bridgehead atoms. The summed E-state index contributed by atoms with van der Waals surface area (Å²) >= 11 is 0. The van der Waals surface area contributed by atoms with E-state index >= 15 is 0 Å². The van der Waals surface area contributed by atoms with Crippen LogP contribution in [0, 0.1) is 12.8 Å². The molecule has 0 aliphatic carbocycles. The van der Waals surface area contributed by atoms with Crippen LogP contribution in [0.15, 0.2) is 61.1 Å². The van der Waals surface area contributed by atoms with Crippen LogP contribution >= 0.6 is 0 Å². The lowest BCUT2D eigenvalue weighted by Gasteiger charge is -2.37. The number of aryl methyl sites for hydroxylation is 1. The fraction of sp³-hybridized carbons (Fsp3) is 0.429. The van der Waals surface area contributed by atoms with E-state index in [0.717, 1.165) is 61.2 Å². The Kier molecular flexibility index (Phi) is 10.5. The number of aromatic nitrogens is 3. The van der Waals surface area contributed by atoms with Crippen molar-refractivity contribution in [3.8, 4) is 17.0 Å². The van der Waals surface area contributed by atoms with Gasteiger partial charge in [-0.3, -0.25) is 14.0 Å². The molecule has 2 aromatic heterocycles. The summed E-state index contributed by atoms with van der Waals surface area (Å²) < 4.78 is 31.4. The number of alkyl halides is 2. The number of hydrogen-bond donors (Lipinski definition) is 3. The molecule has 2 aliphatic heterocycles. The molecule has 13 heteroatoms.